The first-order valence-electron chi connectivity index (χ1n) is 10.6. The molecule has 2 aromatic rings. The number of fused-ring (bicyclic) bond motifs is 1. The number of piperazine rings is 1. The van der Waals surface area contributed by atoms with Gasteiger partial charge in [0.05, 0.1) is 9.82 Å². The molecule has 31 heavy (non-hydrogen) atoms. The average Bonchev–Trinajstić information content (AvgIpc) is 2.74. The maximum Gasteiger partial charge on any atom is 0.269 e. The quantitative estimate of drug-likeness (QED) is 0.562. The van der Waals surface area contributed by atoms with E-state index in [0.29, 0.717) is 6.42 Å². The van der Waals surface area contributed by atoms with Crippen molar-refractivity contribution in [2.24, 2.45) is 0 Å². The molecule has 0 radical (unpaired) electrons. The van der Waals surface area contributed by atoms with Crippen LogP contribution < -0.4 is 9.62 Å². The summed E-state index contributed by atoms with van der Waals surface area (Å²) in [6.45, 7) is 6.07. The smallest absolute Gasteiger partial charge is 0.269 e. The van der Waals surface area contributed by atoms with Crippen LogP contribution in [-0.2, 0) is 22.9 Å². The van der Waals surface area contributed by atoms with Crippen LogP contribution in [0.1, 0.15) is 23.1 Å². The molecule has 1 N–H and O–H groups in total. The SMILES string of the molecule is Cc1ccc(N2CCN(C)CC2)c2c1CC[C@@H](NS(=O)(=O)c1ccc([N+](=O)[O-])cc1)C2. The fraction of sp³-hybridized carbons (Fsp3) is 0.455. The van der Waals surface area contributed by atoms with Gasteiger partial charge in [0.25, 0.3) is 5.69 Å². The van der Waals surface area contributed by atoms with Crippen LogP contribution in [0.2, 0.25) is 0 Å². The number of nitrogens with zero attached hydrogens (tertiary/aromatic N) is 3. The molecule has 0 bridgehead atoms. The Hall–Kier alpha value is -2.49. The molecular weight excluding hydrogens is 416 g/mol. The molecule has 0 aromatic heterocycles. The lowest BCUT2D eigenvalue weighted by Crippen LogP contribution is -2.45. The Morgan fingerprint density at radius 3 is 2.35 bits per heavy atom. The summed E-state index contributed by atoms with van der Waals surface area (Å²) in [7, 11) is -1.62. The normalized spacial score (nSPS) is 19.8. The third-order valence-corrected chi connectivity index (χ3v) is 7.89. The molecule has 4 rings (SSSR count). The van der Waals surface area contributed by atoms with Gasteiger partial charge >= 0.3 is 0 Å². The van der Waals surface area contributed by atoms with E-state index in [2.05, 4.69) is 40.6 Å². The summed E-state index contributed by atoms with van der Waals surface area (Å²) in [6.07, 6.45) is 2.20. The van der Waals surface area contributed by atoms with Gasteiger partial charge in [-0.25, -0.2) is 13.1 Å². The van der Waals surface area contributed by atoms with Crippen molar-refractivity contribution in [3.8, 4) is 0 Å². The highest BCUT2D eigenvalue weighted by Crippen LogP contribution is 2.34. The van der Waals surface area contributed by atoms with E-state index in [1.54, 1.807) is 0 Å². The maximum atomic E-state index is 12.9. The van der Waals surface area contributed by atoms with E-state index < -0.39 is 14.9 Å². The minimum absolute atomic E-state index is 0.0485. The van der Waals surface area contributed by atoms with Gasteiger partial charge in [-0.15, -0.1) is 0 Å². The van der Waals surface area contributed by atoms with Gasteiger partial charge in [-0.3, -0.25) is 10.1 Å². The summed E-state index contributed by atoms with van der Waals surface area (Å²) in [6, 6.07) is 9.16. The Morgan fingerprint density at radius 2 is 1.71 bits per heavy atom. The van der Waals surface area contributed by atoms with Crippen molar-refractivity contribution < 1.29 is 13.3 Å². The third-order valence-electron chi connectivity index (χ3n) is 6.36. The predicted molar refractivity (Wildman–Crippen MR) is 120 cm³/mol. The first-order chi connectivity index (χ1) is 14.7. The lowest BCUT2D eigenvalue weighted by Gasteiger charge is -2.37. The lowest BCUT2D eigenvalue weighted by atomic mass is 9.84. The first-order valence-corrected chi connectivity index (χ1v) is 12.0. The second kappa shape index (κ2) is 8.57. The van der Waals surface area contributed by atoms with Crippen LogP contribution in [0.15, 0.2) is 41.3 Å². The van der Waals surface area contributed by atoms with Crippen molar-refractivity contribution in [3.63, 3.8) is 0 Å². The van der Waals surface area contributed by atoms with Crippen LogP contribution in [0.25, 0.3) is 0 Å². The zero-order valence-corrected chi connectivity index (χ0v) is 18.7. The van der Waals surface area contributed by atoms with Crippen molar-refractivity contribution in [2.45, 2.75) is 37.1 Å². The molecule has 1 saturated heterocycles. The summed E-state index contributed by atoms with van der Waals surface area (Å²) in [5.41, 5.74) is 4.92. The van der Waals surface area contributed by atoms with Crippen LogP contribution in [0.5, 0.6) is 0 Å². The Labute approximate surface area is 183 Å². The van der Waals surface area contributed by atoms with E-state index in [-0.39, 0.29) is 16.6 Å². The minimum atomic E-state index is -3.75. The van der Waals surface area contributed by atoms with Gasteiger partial charge in [-0.2, -0.15) is 0 Å². The molecule has 0 amide bonds. The number of hydrogen-bond donors (Lipinski definition) is 1. The molecule has 0 spiro atoms. The van der Waals surface area contributed by atoms with E-state index >= 15 is 0 Å². The number of nitro groups is 1. The second-order valence-electron chi connectivity index (χ2n) is 8.46. The van der Waals surface area contributed by atoms with Gasteiger partial charge in [0, 0.05) is 50.0 Å². The molecule has 166 valence electrons. The van der Waals surface area contributed by atoms with E-state index in [0.717, 1.165) is 39.0 Å². The first kappa shape index (κ1) is 21.7. The predicted octanol–water partition coefficient (Wildman–Crippen LogP) is 2.49. The van der Waals surface area contributed by atoms with E-state index in [4.69, 9.17) is 0 Å². The molecule has 2 aliphatic rings. The molecular formula is C22H28N4O4S. The Bertz CT molecular complexity index is 1080. The van der Waals surface area contributed by atoms with Crippen LogP contribution in [-0.4, -0.2) is 57.5 Å². The zero-order chi connectivity index (χ0) is 22.2. The fourth-order valence-corrected chi connectivity index (χ4v) is 5.79. The average molecular weight is 445 g/mol. The van der Waals surface area contributed by atoms with Crippen molar-refractivity contribution in [1.29, 1.82) is 0 Å². The Morgan fingerprint density at radius 1 is 1.03 bits per heavy atom. The summed E-state index contributed by atoms with van der Waals surface area (Å²) in [4.78, 5) is 15.1. The third kappa shape index (κ3) is 4.58. The van der Waals surface area contributed by atoms with E-state index in [1.807, 2.05) is 0 Å². The highest BCUT2D eigenvalue weighted by atomic mass is 32.2. The summed E-state index contributed by atoms with van der Waals surface area (Å²) >= 11 is 0. The number of rotatable bonds is 5. The number of aryl methyl sites for hydroxylation is 1. The number of non-ortho nitro benzene ring substituents is 1. The number of hydrogen-bond acceptors (Lipinski definition) is 6. The van der Waals surface area contributed by atoms with Gasteiger partial charge < -0.3 is 9.80 Å². The lowest BCUT2D eigenvalue weighted by molar-refractivity contribution is -0.384. The molecule has 1 heterocycles. The van der Waals surface area contributed by atoms with Crippen LogP contribution in [0.4, 0.5) is 11.4 Å². The summed E-state index contributed by atoms with van der Waals surface area (Å²) < 4.78 is 28.6. The maximum absolute atomic E-state index is 12.9. The molecule has 8 nitrogen and oxygen atoms in total. The number of sulfonamides is 1. The molecule has 0 saturated carbocycles. The number of nitro benzene ring substituents is 1. The zero-order valence-electron chi connectivity index (χ0n) is 17.9. The van der Waals surface area contributed by atoms with Crippen LogP contribution >= 0.6 is 0 Å². The molecule has 2 aromatic carbocycles. The monoisotopic (exact) mass is 444 g/mol. The van der Waals surface area contributed by atoms with Gasteiger partial charge in [-0.1, -0.05) is 6.07 Å². The minimum Gasteiger partial charge on any atom is -0.369 e. The Balaban J connectivity index is 1.55. The van der Waals surface area contributed by atoms with Gasteiger partial charge in [0.1, 0.15) is 0 Å². The molecule has 1 aliphatic carbocycles. The molecule has 9 heteroatoms. The summed E-state index contributed by atoms with van der Waals surface area (Å²) in [5.74, 6) is 0. The van der Waals surface area contributed by atoms with Crippen LogP contribution in [0, 0.1) is 17.0 Å². The topological polar surface area (TPSA) is 95.8 Å². The van der Waals surface area contributed by atoms with Crippen LogP contribution in [0.3, 0.4) is 0 Å². The number of likely N-dealkylation sites (N-methyl/N-ethyl adjacent to an activating group) is 1. The van der Waals surface area contributed by atoms with E-state index in [1.165, 1.54) is 46.6 Å². The second-order valence-corrected chi connectivity index (χ2v) is 10.2. The number of benzene rings is 2. The molecule has 1 fully saturated rings. The molecule has 1 aliphatic heterocycles. The standard InChI is InChI=1S/C22H28N4O4S/c1-16-3-10-22(25-13-11-24(2)12-14-25)21-15-17(4-9-20(16)21)23-31(29,30)19-7-5-18(6-8-19)26(27)28/h3,5-8,10,17,23H,4,9,11-15H2,1-2H3/t17-/m1/s1. The van der Waals surface area contributed by atoms with Gasteiger partial charge in [0.15, 0.2) is 0 Å². The molecule has 1 atom stereocenters. The largest absolute Gasteiger partial charge is 0.369 e. The van der Waals surface area contributed by atoms with Gasteiger partial charge in [0.2, 0.25) is 10.0 Å². The Kier molecular flexibility index (Phi) is 6.00. The van der Waals surface area contributed by atoms with Gasteiger partial charge in [-0.05, 0) is 68.1 Å². The highest BCUT2D eigenvalue weighted by Gasteiger charge is 2.29. The van der Waals surface area contributed by atoms with Crippen molar-refractivity contribution in [2.75, 3.05) is 38.1 Å². The summed E-state index contributed by atoms with van der Waals surface area (Å²) in [5, 5.41) is 10.8. The van der Waals surface area contributed by atoms with Crippen molar-refractivity contribution >= 4 is 21.4 Å². The van der Waals surface area contributed by atoms with Crippen molar-refractivity contribution in [3.05, 3.63) is 63.2 Å². The molecule has 0 unspecified atom stereocenters. The van der Waals surface area contributed by atoms with E-state index in [9.17, 15) is 18.5 Å². The highest BCUT2D eigenvalue weighted by molar-refractivity contribution is 7.89. The number of anilines is 1. The van der Waals surface area contributed by atoms with Crippen molar-refractivity contribution in [1.82, 2.24) is 9.62 Å². The number of nitrogens with one attached hydrogen (secondary N) is 1. The fourth-order valence-electron chi connectivity index (χ4n) is 4.52.